The molecule has 2 rings (SSSR count). The summed E-state index contributed by atoms with van der Waals surface area (Å²) in [4.78, 5) is 91.5. The van der Waals surface area contributed by atoms with E-state index in [9.17, 15) is 38.7 Å². The molecule has 0 saturated carbocycles. The number of esters is 1. The van der Waals surface area contributed by atoms with Crippen LogP contribution in [0.5, 0.6) is 5.75 Å². The number of benzene rings is 1. The molecular formula is C39H52BrN7O9. The number of aromatic hydroxyl groups is 1. The molecule has 17 heteroatoms. The number of hydrogen-bond donors (Lipinski definition) is 8. The molecule has 0 spiro atoms. The van der Waals surface area contributed by atoms with Crippen LogP contribution in [0.3, 0.4) is 0 Å². The van der Waals surface area contributed by atoms with Gasteiger partial charge in [0.05, 0.1) is 17.3 Å². The second kappa shape index (κ2) is 23.3. The highest BCUT2D eigenvalue weighted by molar-refractivity contribution is 9.10. The van der Waals surface area contributed by atoms with Crippen LogP contribution in [-0.2, 0) is 38.3 Å². The van der Waals surface area contributed by atoms with Crippen molar-refractivity contribution in [2.24, 2.45) is 23.3 Å². The van der Waals surface area contributed by atoms with Gasteiger partial charge >= 0.3 is 5.97 Å². The van der Waals surface area contributed by atoms with Crippen molar-refractivity contribution in [3.05, 3.63) is 83.0 Å². The standard InChI is InChI=1S/C39H52BrN7O9/c1-6-23(4)33-39(55)56-24(5)34(43-18-14-12-10-8-7-9-11-13-15-25-16-17-29(48)26(40)19-25)38(54)46-32(22(2)3)37(53)45-27(20-30(41)49)35(51)44-28(21-31(42)50)36(52)47-33/h7-19,22-24,27-28,32-34,43,48H,6,20-21H2,1-5H3,(H2,41,49)(H2,42,50)(H,44,51)(H,45,53)(H,46,54)(H,47,52)/b8-7+,11-9+,12-10+,15-13+,18-14+/t23-,24-,27?,28+,32+,33+,34+/m1/s1. The molecule has 1 aromatic carbocycles. The minimum Gasteiger partial charge on any atom is -0.507 e. The van der Waals surface area contributed by atoms with Crippen LogP contribution in [0.1, 0.15) is 59.4 Å². The maximum atomic E-state index is 13.8. The molecule has 1 aromatic rings. The van der Waals surface area contributed by atoms with Crippen LogP contribution in [0, 0.1) is 11.8 Å². The van der Waals surface area contributed by atoms with E-state index in [0.717, 1.165) is 5.56 Å². The lowest BCUT2D eigenvalue weighted by atomic mass is 9.98. The molecule has 1 fully saturated rings. The Labute approximate surface area is 334 Å². The van der Waals surface area contributed by atoms with Crippen molar-refractivity contribution >= 4 is 63.4 Å². The molecule has 0 aromatic heterocycles. The van der Waals surface area contributed by atoms with Gasteiger partial charge in [0, 0.05) is 0 Å². The molecule has 0 radical (unpaired) electrons. The maximum Gasteiger partial charge on any atom is 0.329 e. The third kappa shape index (κ3) is 15.6. The molecule has 1 unspecified atom stereocenters. The van der Waals surface area contributed by atoms with Crippen LogP contribution in [-0.4, -0.2) is 82.8 Å². The Bertz CT molecular complexity index is 1740. The number of carbonyl (C=O) groups excluding carboxylic acids is 7. The number of amides is 6. The smallest absolute Gasteiger partial charge is 0.329 e. The molecule has 10 N–H and O–H groups in total. The van der Waals surface area contributed by atoms with E-state index in [1.165, 1.54) is 13.1 Å². The van der Waals surface area contributed by atoms with Crippen molar-refractivity contribution in [3.63, 3.8) is 0 Å². The van der Waals surface area contributed by atoms with Crippen LogP contribution in [0.4, 0.5) is 0 Å². The fourth-order valence-electron chi connectivity index (χ4n) is 5.20. The summed E-state index contributed by atoms with van der Waals surface area (Å²) in [5, 5.41) is 22.4. The van der Waals surface area contributed by atoms with Gasteiger partial charge in [-0.2, -0.15) is 0 Å². The van der Waals surface area contributed by atoms with Gasteiger partial charge in [-0.3, -0.25) is 28.8 Å². The Kier molecular flexibility index (Phi) is 19.3. The van der Waals surface area contributed by atoms with Crippen molar-refractivity contribution in [1.29, 1.82) is 0 Å². The van der Waals surface area contributed by atoms with Gasteiger partial charge in [-0.25, -0.2) is 4.79 Å². The van der Waals surface area contributed by atoms with Gasteiger partial charge in [-0.1, -0.05) is 88.8 Å². The number of phenolic OH excluding ortho intramolecular Hbond substituents is 1. The Hall–Kier alpha value is -5.71. The molecule has 0 aliphatic carbocycles. The minimum atomic E-state index is -1.60. The molecule has 1 saturated heterocycles. The van der Waals surface area contributed by atoms with Gasteiger partial charge < -0.3 is 47.9 Å². The number of ether oxygens (including phenoxy) is 1. The molecule has 6 amide bonds. The number of nitrogens with one attached hydrogen (secondary N) is 5. The molecule has 0 bridgehead atoms. The number of cyclic esters (lactones) is 1. The first-order chi connectivity index (χ1) is 26.4. The third-order valence-electron chi connectivity index (χ3n) is 8.55. The van der Waals surface area contributed by atoms with Gasteiger partial charge in [-0.05, 0) is 64.7 Å². The van der Waals surface area contributed by atoms with Crippen molar-refractivity contribution in [2.45, 2.75) is 90.2 Å². The number of primary amides is 2. The number of phenols is 1. The summed E-state index contributed by atoms with van der Waals surface area (Å²) >= 11 is 3.28. The molecule has 7 atom stereocenters. The highest BCUT2D eigenvalue weighted by Crippen LogP contribution is 2.24. The van der Waals surface area contributed by atoms with Crippen molar-refractivity contribution in [1.82, 2.24) is 26.6 Å². The van der Waals surface area contributed by atoms with Crippen LogP contribution >= 0.6 is 15.9 Å². The number of halogens is 1. The Morgan fingerprint density at radius 3 is 1.86 bits per heavy atom. The van der Waals surface area contributed by atoms with Gasteiger partial charge in [0.1, 0.15) is 42.1 Å². The largest absolute Gasteiger partial charge is 0.507 e. The van der Waals surface area contributed by atoms with Crippen molar-refractivity contribution in [3.8, 4) is 5.75 Å². The Morgan fingerprint density at radius 2 is 1.32 bits per heavy atom. The van der Waals surface area contributed by atoms with E-state index in [0.29, 0.717) is 10.9 Å². The SMILES string of the molecule is CC[C@@H](C)[C@@H]1NC(=O)[C@H](CC(N)=O)NC(=O)C(CC(N)=O)NC(=O)[C@H](C(C)C)NC(=O)[C@@H](N/C=C/C=C/C=C/C=C/C=C/c2ccc(O)c(Br)c2)[C@@H](C)OC1=O. The Balaban J connectivity index is 2.38. The summed E-state index contributed by atoms with van der Waals surface area (Å²) in [6.07, 6.45) is 15.3. The van der Waals surface area contributed by atoms with Gasteiger partial charge in [0.25, 0.3) is 0 Å². The second-order valence-electron chi connectivity index (χ2n) is 13.4. The minimum absolute atomic E-state index is 0.157. The van der Waals surface area contributed by atoms with E-state index in [1.807, 2.05) is 24.3 Å². The van der Waals surface area contributed by atoms with Crippen molar-refractivity contribution in [2.75, 3.05) is 0 Å². The van der Waals surface area contributed by atoms with Gasteiger partial charge in [0.2, 0.25) is 35.4 Å². The average molecular weight is 843 g/mol. The summed E-state index contributed by atoms with van der Waals surface area (Å²) in [6, 6.07) is -1.80. The number of rotatable bonds is 14. The highest BCUT2D eigenvalue weighted by atomic mass is 79.9. The van der Waals surface area contributed by atoms with Crippen LogP contribution in [0.25, 0.3) is 6.08 Å². The maximum absolute atomic E-state index is 13.8. The lowest BCUT2D eigenvalue weighted by Crippen LogP contribution is -2.62. The van der Waals surface area contributed by atoms with Crippen molar-refractivity contribution < 1.29 is 43.4 Å². The van der Waals surface area contributed by atoms with Crippen LogP contribution < -0.4 is 38.1 Å². The highest BCUT2D eigenvalue weighted by Gasteiger charge is 2.38. The van der Waals surface area contributed by atoms with E-state index in [-0.39, 0.29) is 5.75 Å². The fraction of sp³-hybridized carbons (Fsp3) is 0.410. The number of allylic oxidation sites excluding steroid dienone is 8. The quantitative estimate of drug-likeness (QED) is 0.0992. The predicted octanol–water partition coefficient (Wildman–Crippen LogP) is 1.65. The summed E-state index contributed by atoms with van der Waals surface area (Å²) in [5.41, 5.74) is 11.6. The topological polar surface area (TPSA) is 261 Å². The summed E-state index contributed by atoms with van der Waals surface area (Å²) in [7, 11) is 0. The van der Waals surface area contributed by atoms with E-state index < -0.39 is 102 Å². The normalized spacial score (nSPS) is 24.0. The molecule has 1 heterocycles. The second-order valence-corrected chi connectivity index (χ2v) is 14.3. The summed E-state index contributed by atoms with van der Waals surface area (Å²) in [5.74, 6) is -7.26. The molecule has 304 valence electrons. The molecule has 56 heavy (non-hydrogen) atoms. The summed E-state index contributed by atoms with van der Waals surface area (Å²) in [6.45, 7) is 8.19. The first-order valence-corrected chi connectivity index (χ1v) is 18.8. The number of hydrogen-bond acceptors (Lipinski definition) is 10. The van der Waals surface area contributed by atoms with E-state index in [1.54, 1.807) is 76.3 Å². The lowest BCUT2D eigenvalue weighted by molar-refractivity contribution is -0.156. The third-order valence-corrected chi connectivity index (χ3v) is 9.19. The van der Waals surface area contributed by atoms with Gasteiger partial charge in [0.15, 0.2) is 0 Å². The van der Waals surface area contributed by atoms with E-state index in [2.05, 4.69) is 42.5 Å². The molecule has 16 nitrogen and oxygen atoms in total. The number of nitrogens with two attached hydrogens (primary N) is 2. The number of carbonyl (C=O) groups is 7. The summed E-state index contributed by atoms with van der Waals surface area (Å²) < 4.78 is 6.32. The average Bonchev–Trinajstić information content (AvgIpc) is 3.12. The van der Waals surface area contributed by atoms with Crippen LogP contribution in [0.15, 0.2) is 77.5 Å². The molecular weight excluding hydrogens is 790 g/mol. The predicted molar refractivity (Wildman–Crippen MR) is 214 cm³/mol. The van der Waals surface area contributed by atoms with Gasteiger partial charge in [-0.15, -0.1) is 0 Å². The first kappa shape index (κ1) is 46.4. The zero-order valence-electron chi connectivity index (χ0n) is 32.0. The first-order valence-electron chi connectivity index (χ1n) is 18.0. The monoisotopic (exact) mass is 841 g/mol. The fourth-order valence-corrected chi connectivity index (χ4v) is 5.59. The lowest BCUT2D eigenvalue weighted by Gasteiger charge is -2.31. The Morgan fingerprint density at radius 1 is 0.804 bits per heavy atom. The van der Waals surface area contributed by atoms with Crippen LogP contribution in [0.2, 0.25) is 0 Å². The molecule has 1 aliphatic rings. The van der Waals surface area contributed by atoms with E-state index >= 15 is 0 Å². The molecule has 1 aliphatic heterocycles. The zero-order chi connectivity index (χ0) is 41.9. The zero-order valence-corrected chi connectivity index (χ0v) is 33.6. The van der Waals surface area contributed by atoms with E-state index in [4.69, 9.17) is 16.2 Å².